The summed E-state index contributed by atoms with van der Waals surface area (Å²) in [4.78, 5) is 2.56. The van der Waals surface area contributed by atoms with Crippen molar-refractivity contribution in [2.24, 2.45) is 0 Å². The Morgan fingerprint density at radius 2 is 2.00 bits per heavy atom. The van der Waals surface area contributed by atoms with Crippen LogP contribution in [0.1, 0.15) is 55.8 Å². The van der Waals surface area contributed by atoms with Gasteiger partial charge in [-0.25, -0.2) is 0 Å². The van der Waals surface area contributed by atoms with E-state index in [1.54, 1.807) is 0 Å². The molecule has 0 unspecified atom stereocenters. The third-order valence-electron chi connectivity index (χ3n) is 3.80. The van der Waals surface area contributed by atoms with Crippen molar-refractivity contribution < 1.29 is 0 Å². The van der Waals surface area contributed by atoms with E-state index in [2.05, 4.69) is 30.9 Å². The average Bonchev–Trinajstić information content (AvgIpc) is 2.82. The third-order valence-corrected chi connectivity index (χ3v) is 3.80. The van der Waals surface area contributed by atoms with E-state index in [0.717, 1.165) is 25.1 Å². The standard InChI is InChI=1S/C16H22N2/c1-3-10-18(11-4-2)15-9-8-13-6-5-7-14(12-17)16(13)15/h5-7,15H,3-4,8-11H2,1-2H3/t15-/m0/s1. The fourth-order valence-electron chi connectivity index (χ4n) is 3.12. The highest BCUT2D eigenvalue weighted by atomic mass is 15.2. The Morgan fingerprint density at radius 3 is 2.61 bits per heavy atom. The molecule has 1 atom stereocenters. The van der Waals surface area contributed by atoms with Crippen LogP contribution in [0.3, 0.4) is 0 Å². The van der Waals surface area contributed by atoms with Gasteiger partial charge < -0.3 is 0 Å². The quantitative estimate of drug-likeness (QED) is 0.787. The van der Waals surface area contributed by atoms with Crippen molar-refractivity contribution in [2.75, 3.05) is 13.1 Å². The van der Waals surface area contributed by atoms with E-state index in [0.29, 0.717) is 6.04 Å². The molecule has 2 heteroatoms. The summed E-state index contributed by atoms with van der Waals surface area (Å²) in [6.07, 6.45) is 4.66. The molecule has 0 N–H and O–H groups in total. The van der Waals surface area contributed by atoms with Crippen LogP contribution in [0, 0.1) is 11.3 Å². The Balaban J connectivity index is 2.31. The average molecular weight is 242 g/mol. The Kier molecular flexibility index (Phi) is 4.38. The van der Waals surface area contributed by atoms with Gasteiger partial charge in [-0.1, -0.05) is 26.0 Å². The zero-order chi connectivity index (χ0) is 13.0. The van der Waals surface area contributed by atoms with E-state index in [1.807, 2.05) is 12.1 Å². The van der Waals surface area contributed by atoms with Crippen molar-refractivity contribution in [3.05, 3.63) is 34.9 Å². The van der Waals surface area contributed by atoms with Crippen LogP contribution in [0.5, 0.6) is 0 Å². The number of nitrogens with zero attached hydrogens (tertiary/aromatic N) is 2. The molecule has 2 nitrogen and oxygen atoms in total. The first-order chi connectivity index (χ1) is 8.81. The lowest BCUT2D eigenvalue weighted by molar-refractivity contribution is 0.197. The normalized spacial score (nSPS) is 17.8. The summed E-state index contributed by atoms with van der Waals surface area (Å²) < 4.78 is 0. The smallest absolute Gasteiger partial charge is 0.0995 e. The molecule has 2 rings (SSSR count). The van der Waals surface area contributed by atoms with Gasteiger partial charge in [0.05, 0.1) is 11.6 Å². The van der Waals surface area contributed by atoms with Gasteiger partial charge in [0.1, 0.15) is 0 Å². The molecule has 0 aromatic heterocycles. The molecule has 0 fully saturated rings. The molecule has 0 spiro atoms. The second kappa shape index (κ2) is 6.02. The van der Waals surface area contributed by atoms with Gasteiger partial charge >= 0.3 is 0 Å². The van der Waals surface area contributed by atoms with Crippen LogP contribution in [0.4, 0.5) is 0 Å². The molecular weight excluding hydrogens is 220 g/mol. The predicted molar refractivity (Wildman–Crippen MR) is 74.4 cm³/mol. The maximum atomic E-state index is 9.29. The van der Waals surface area contributed by atoms with Gasteiger partial charge in [0.15, 0.2) is 0 Å². The first-order valence-electron chi connectivity index (χ1n) is 7.07. The minimum absolute atomic E-state index is 0.468. The molecule has 0 bridgehead atoms. The largest absolute Gasteiger partial charge is 0.296 e. The van der Waals surface area contributed by atoms with E-state index in [4.69, 9.17) is 0 Å². The number of hydrogen-bond acceptors (Lipinski definition) is 2. The van der Waals surface area contributed by atoms with Crippen molar-refractivity contribution in [3.63, 3.8) is 0 Å². The number of nitriles is 1. The van der Waals surface area contributed by atoms with E-state index < -0.39 is 0 Å². The summed E-state index contributed by atoms with van der Waals surface area (Å²) in [6.45, 7) is 6.73. The molecule has 1 aromatic rings. The SMILES string of the molecule is CCCN(CCC)[C@H]1CCc2cccc(C#N)c21. The van der Waals surface area contributed by atoms with Crippen LogP contribution in [0.25, 0.3) is 0 Å². The molecule has 0 heterocycles. The minimum atomic E-state index is 0.468. The topological polar surface area (TPSA) is 27.0 Å². The molecule has 0 saturated carbocycles. The first-order valence-corrected chi connectivity index (χ1v) is 7.07. The molecule has 1 aromatic carbocycles. The Bertz CT molecular complexity index is 439. The lowest BCUT2D eigenvalue weighted by atomic mass is 10.0. The minimum Gasteiger partial charge on any atom is -0.296 e. The highest BCUT2D eigenvalue weighted by Crippen LogP contribution is 2.37. The van der Waals surface area contributed by atoms with Crippen molar-refractivity contribution in [3.8, 4) is 6.07 Å². The molecular formula is C16H22N2. The second-order valence-electron chi connectivity index (χ2n) is 5.08. The lowest BCUT2D eigenvalue weighted by Gasteiger charge is -2.29. The maximum Gasteiger partial charge on any atom is 0.0995 e. The summed E-state index contributed by atoms with van der Waals surface area (Å²) in [5.41, 5.74) is 3.57. The zero-order valence-electron chi connectivity index (χ0n) is 11.4. The maximum absolute atomic E-state index is 9.29. The van der Waals surface area contributed by atoms with Crippen LogP contribution in [-0.2, 0) is 6.42 Å². The van der Waals surface area contributed by atoms with Gasteiger partial charge in [0.2, 0.25) is 0 Å². The van der Waals surface area contributed by atoms with Gasteiger partial charge in [-0.15, -0.1) is 0 Å². The molecule has 1 aliphatic carbocycles. The van der Waals surface area contributed by atoms with Crippen LogP contribution in [0.2, 0.25) is 0 Å². The third kappa shape index (κ3) is 2.42. The van der Waals surface area contributed by atoms with Crippen molar-refractivity contribution >= 4 is 0 Å². The molecule has 0 saturated heterocycles. The summed E-state index contributed by atoms with van der Waals surface area (Å²) in [5, 5.41) is 9.29. The second-order valence-corrected chi connectivity index (χ2v) is 5.08. The Morgan fingerprint density at radius 1 is 1.28 bits per heavy atom. The number of hydrogen-bond donors (Lipinski definition) is 0. The van der Waals surface area contributed by atoms with Gasteiger partial charge in [-0.3, -0.25) is 4.90 Å². The van der Waals surface area contributed by atoms with Crippen molar-refractivity contribution in [2.45, 2.75) is 45.6 Å². The first kappa shape index (κ1) is 13.1. The lowest BCUT2D eigenvalue weighted by Crippen LogP contribution is -2.29. The fraction of sp³-hybridized carbons (Fsp3) is 0.562. The van der Waals surface area contributed by atoms with E-state index in [-0.39, 0.29) is 0 Å². The molecule has 1 aliphatic rings. The number of rotatable bonds is 5. The summed E-state index contributed by atoms with van der Waals surface area (Å²) in [6, 6.07) is 9.01. The monoisotopic (exact) mass is 242 g/mol. The molecule has 0 radical (unpaired) electrons. The van der Waals surface area contributed by atoms with Crippen LogP contribution < -0.4 is 0 Å². The van der Waals surface area contributed by atoms with Crippen LogP contribution in [0.15, 0.2) is 18.2 Å². The summed E-state index contributed by atoms with van der Waals surface area (Å²) in [5.74, 6) is 0. The molecule has 18 heavy (non-hydrogen) atoms. The summed E-state index contributed by atoms with van der Waals surface area (Å²) in [7, 11) is 0. The number of benzene rings is 1. The van der Waals surface area contributed by atoms with Crippen molar-refractivity contribution in [1.82, 2.24) is 4.90 Å². The number of fused-ring (bicyclic) bond motifs is 1. The summed E-state index contributed by atoms with van der Waals surface area (Å²) >= 11 is 0. The van der Waals surface area contributed by atoms with Gasteiger partial charge in [-0.2, -0.15) is 5.26 Å². The van der Waals surface area contributed by atoms with Crippen LogP contribution in [-0.4, -0.2) is 18.0 Å². The molecule has 0 amide bonds. The molecule has 96 valence electrons. The highest BCUT2D eigenvalue weighted by Gasteiger charge is 2.29. The number of aryl methyl sites for hydroxylation is 1. The van der Waals surface area contributed by atoms with Gasteiger partial charge in [-0.05, 0) is 56.0 Å². The van der Waals surface area contributed by atoms with E-state index in [1.165, 1.54) is 30.4 Å². The Labute approximate surface area is 110 Å². The predicted octanol–water partition coefficient (Wildman–Crippen LogP) is 3.67. The van der Waals surface area contributed by atoms with Gasteiger partial charge in [0, 0.05) is 6.04 Å². The highest BCUT2D eigenvalue weighted by molar-refractivity contribution is 5.47. The van der Waals surface area contributed by atoms with Crippen LogP contribution >= 0.6 is 0 Å². The zero-order valence-corrected chi connectivity index (χ0v) is 11.4. The fourth-order valence-corrected chi connectivity index (χ4v) is 3.12. The van der Waals surface area contributed by atoms with E-state index >= 15 is 0 Å². The van der Waals surface area contributed by atoms with Gasteiger partial charge in [0.25, 0.3) is 0 Å². The Hall–Kier alpha value is -1.33. The van der Waals surface area contributed by atoms with E-state index in [9.17, 15) is 5.26 Å². The molecule has 0 aliphatic heterocycles. The van der Waals surface area contributed by atoms with Crippen molar-refractivity contribution in [1.29, 1.82) is 5.26 Å².